The summed E-state index contributed by atoms with van der Waals surface area (Å²) < 4.78 is 12.0. The first kappa shape index (κ1) is 19.7. The van der Waals surface area contributed by atoms with E-state index < -0.39 is 0 Å². The summed E-state index contributed by atoms with van der Waals surface area (Å²) in [6.45, 7) is 6.26. The maximum Gasteiger partial charge on any atom is 0.213 e. The Morgan fingerprint density at radius 1 is 1.13 bits per heavy atom. The van der Waals surface area contributed by atoms with Crippen LogP contribution in [0.1, 0.15) is 40.9 Å². The molecule has 3 aromatic rings. The standard InChI is InChI=1S/C26H23ClN2O2/c1-3-14-30-21-11-8-19(9-12-21)26-29-24(22-15-20(27)10-13-25(22)31-26)16-23(28-29)18-6-4-17(2)5-7-18/h3-13,15,24,26H,1,14,16H2,2H3/t24-,26-/m0/s1. The van der Waals surface area contributed by atoms with Crippen LogP contribution >= 0.6 is 11.6 Å². The van der Waals surface area contributed by atoms with Crippen LogP contribution in [0, 0.1) is 6.92 Å². The predicted octanol–water partition coefficient (Wildman–Crippen LogP) is 6.46. The molecule has 0 N–H and O–H groups in total. The minimum Gasteiger partial charge on any atom is -0.490 e. The molecule has 0 fully saturated rings. The molecule has 2 heterocycles. The molecule has 5 rings (SSSR count). The van der Waals surface area contributed by atoms with Gasteiger partial charge in [0.2, 0.25) is 6.23 Å². The first-order valence-electron chi connectivity index (χ1n) is 10.3. The van der Waals surface area contributed by atoms with E-state index in [2.05, 4.69) is 42.8 Å². The van der Waals surface area contributed by atoms with E-state index in [0.717, 1.165) is 40.3 Å². The number of halogens is 1. The largest absolute Gasteiger partial charge is 0.490 e. The molecule has 0 aliphatic carbocycles. The monoisotopic (exact) mass is 430 g/mol. The third kappa shape index (κ3) is 3.79. The highest BCUT2D eigenvalue weighted by atomic mass is 35.5. The molecular formula is C26H23ClN2O2. The second-order valence-corrected chi connectivity index (χ2v) is 8.27. The summed E-state index contributed by atoms with van der Waals surface area (Å²) in [6.07, 6.45) is 2.21. The summed E-state index contributed by atoms with van der Waals surface area (Å²) in [4.78, 5) is 0. The summed E-state index contributed by atoms with van der Waals surface area (Å²) in [5.74, 6) is 1.65. The number of aryl methyl sites for hydroxylation is 1. The molecule has 0 amide bonds. The Kier molecular flexibility index (Phi) is 5.16. The van der Waals surface area contributed by atoms with Crippen LogP contribution in [0.25, 0.3) is 0 Å². The van der Waals surface area contributed by atoms with Crippen molar-refractivity contribution in [1.82, 2.24) is 5.01 Å². The third-order valence-electron chi connectivity index (χ3n) is 5.67. The van der Waals surface area contributed by atoms with Crippen molar-refractivity contribution in [3.63, 3.8) is 0 Å². The number of benzene rings is 3. The highest BCUT2D eigenvalue weighted by molar-refractivity contribution is 6.30. The maximum atomic E-state index is 6.41. The van der Waals surface area contributed by atoms with Crippen molar-refractivity contribution in [1.29, 1.82) is 0 Å². The Morgan fingerprint density at radius 3 is 2.65 bits per heavy atom. The van der Waals surface area contributed by atoms with Gasteiger partial charge < -0.3 is 9.47 Å². The van der Waals surface area contributed by atoms with E-state index in [1.54, 1.807) is 6.08 Å². The number of nitrogens with zero attached hydrogens (tertiary/aromatic N) is 2. The Hall–Kier alpha value is -3.24. The summed E-state index contributed by atoms with van der Waals surface area (Å²) in [5, 5.41) is 7.77. The van der Waals surface area contributed by atoms with Gasteiger partial charge in [-0.2, -0.15) is 5.10 Å². The quantitative estimate of drug-likeness (QED) is 0.436. The number of hydrogen-bond donors (Lipinski definition) is 0. The fraction of sp³-hybridized carbons (Fsp3) is 0.192. The SMILES string of the molecule is C=CCOc1ccc([C@@H]2Oc3ccc(Cl)cc3[C@@H]3CC(c4ccc(C)cc4)=NN32)cc1. The summed E-state index contributed by atoms with van der Waals surface area (Å²) in [5.41, 5.74) is 5.51. The van der Waals surface area contributed by atoms with Gasteiger partial charge in [0.05, 0.1) is 11.8 Å². The zero-order valence-corrected chi connectivity index (χ0v) is 18.0. The van der Waals surface area contributed by atoms with E-state index in [1.807, 2.05) is 42.5 Å². The van der Waals surface area contributed by atoms with Crippen molar-refractivity contribution in [2.45, 2.75) is 25.6 Å². The molecule has 156 valence electrons. The van der Waals surface area contributed by atoms with E-state index in [4.69, 9.17) is 26.2 Å². The minimum atomic E-state index is -0.324. The van der Waals surface area contributed by atoms with Gasteiger partial charge in [0.1, 0.15) is 18.1 Å². The zero-order valence-electron chi connectivity index (χ0n) is 17.3. The molecule has 0 radical (unpaired) electrons. The van der Waals surface area contributed by atoms with Crippen molar-refractivity contribution in [3.8, 4) is 11.5 Å². The minimum absolute atomic E-state index is 0.0699. The van der Waals surface area contributed by atoms with E-state index >= 15 is 0 Å². The Bertz CT molecular complexity index is 1140. The molecule has 0 aromatic heterocycles. The average molecular weight is 431 g/mol. The smallest absolute Gasteiger partial charge is 0.213 e. The number of fused-ring (bicyclic) bond motifs is 3. The first-order valence-corrected chi connectivity index (χ1v) is 10.7. The van der Waals surface area contributed by atoms with Crippen LogP contribution in [0.5, 0.6) is 11.5 Å². The lowest BCUT2D eigenvalue weighted by atomic mass is 9.95. The highest BCUT2D eigenvalue weighted by Gasteiger charge is 2.41. The van der Waals surface area contributed by atoms with Gasteiger partial charge in [-0.3, -0.25) is 0 Å². The second kappa shape index (κ2) is 8.12. The predicted molar refractivity (Wildman–Crippen MR) is 124 cm³/mol. The van der Waals surface area contributed by atoms with E-state index in [9.17, 15) is 0 Å². The van der Waals surface area contributed by atoms with Crippen LogP contribution in [0.4, 0.5) is 0 Å². The van der Waals surface area contributed by atoms with Gasteiger partial charge in [-0.25, -0.2) is 5.01 Å². The Labute approximate surface area is 187 Å². The van der Waals surface area contributed by atoms with Gasteiger partial charge >= 0.3 is 0 Å². The Morgan fingerprint density at radius 2 is 1.90 bits per heavy atom. The van der Waals surface area contributed by atoms with Gasteiger partial charge in [-0.1, -0.05) is 54.1 Å². The van der Waals surface area contributed by atoms with E-state index in [-0.39, 0.29) is 12.3 Å². The normalized spacial score (nSPS) is 19.2. The first-order chi connectivity index (χ1) is 15.1. The number of hydrazone groups is 1. The molecule has 2 aliphatic heterocycles. The lowest BCUT2D eigenvalue weighted by molar-refractivity contribution is -0.0190. The van der Waals surface area contributed by atoms with Crippen LogP contribution in [-0.2, 0) is 0 Å². The van der Waals surface area contributed by atoms with Gasteiger partial charge in [0.25, 0.3) is 0 Å². The third-order valence-corrected chi connectivity index (χ3v) is 5.90. The molecule has 4 nitrogen and oxygen atoms in total. The van der Waals surface area contributed by atoms with Gasteiger partial charge in [0, 0.05) is 22.6 Å². The van der Waals surface area contributed by atoms with Crippen LogP contribution in [-0.4, -0.2) is 17.3 Å². The van der Waals surface area contributed by atoms with Crippen molar-refractivity contribution in [2.24, 2.45) is 5.10 Å². The number of hydrogen-bond acceptors (Lipinski definition) is 4. The van der Waals surface area contributed by atoms with Gasteiger partial charge in [-0.15, -0.1) is 0 Å². The van der Waals surface area contributed by atoms with Gasteiger partial charge in [0.15, 0.2) is 0 Å². The molecule has 0 saturated heterocycles. The van der Waals surface area contributed by atoms with Crippen LogP contribution < -0.4 is 9.47 Å². The van der Waals surface area contributed by atoms with Crippen molar-refractivity contribution < 1.29 is 9.47 Å². The lowest BCUT2D eigenvalue weighted by Gasteiger charge is -2.38. The van der Waals surface area contributed by atoms with Crippen LogP contribution in [0.2, 0.25) is 5.02 Å². The molecule has 0 saturated carbocycles. The van der Waals surface area contributed by atoms with Crippen LogP contribution in [0.3, 0.4) is 0 Å². The number of rotatable bonds is 5. The van der Waals surface area contributed by atoms with Crippen LogP contribution in [0.15, 0.2) is 84.5 Å². The molecule has 0 unspecified atom stereocenters. The summed E-state index contributed by atoms with van der Waals surface area (Å²) in [6, 6.07) is 22.4. The topological polar surface area (TPSA) is 34.1 Å². The zero-order chi connectivity index (χ0) is 21.4. The summed E-state index contributed by atoms with van der Waals surface area (Å²) in [7, 11) is 0. The lowest BCUT2D eigenvalue weighted by Crippen LogP contribution is -2.33. The maximum absolute atomic E-state index is 6.41. The second-order valence-electron chi connectivity index (χ2n) is 7.83. The van der Waals surface area contributed by atoms with Gasteiger partial charge in [-0.05, 0) is 55.0 Å². The number of ether oxygens (including phenoxy) is 2. The molecule has 0 bridgehead atoms. The molecule has 2 aliphatic rings. The molecule has 2 atom stereocenters. The molecular weight excluding hydrogens is 408 g/mol. The molecule has 0 spiro atoms. The fourth-order valence-corrected chi connectivity index (χ4v) is 4.26. The van der Waals surface area contributed by atoms with E-state index in [0.29, 0.717) is 11.6 Å². The van der Waals surface area contributed by atoms with E-state index in [1.165, 1.54) is 5.56 Å². The molecule has 31 heavy (non-hydrogen) atoms. The highest BCUT2D eigenvalue weighted by Crippen LogP contribution is 2.48. The summed E-state index contributed by atoms with van der Waals surface area (Å²) >= 11 is 6.32. The molecule has 3 aromatic carbocycles. The van der Waals surface area contributed by atoms with Crippen molar-refractivity contribution in [3.05, 3.63) is 107 Å². The fourth-order valence-electron chi connectivity index (χ4n) is 4.08. The average Bonchev–Trinajstić information content (AvgIpc) is 3.24. The van der Waals surface area contributed by atoms with Crippen molar-refractivity contribution in [2.75, 3.05) is 6.61 Å². The van der Waals surface area contributed by atoms with Crippen molar-refractivity contribution >= 4 is 17.3 Å². The Balaban J connectivity index is 1.52. The molecule has 5 heteroatoms.